The second-order valence-electron chi connectivity index (χ2n) is 4.16. The van der Waals surface area contributed by atoms with Gasteiger partial charge in [-0.15, -0.1) is 11.3 Å². The molecule has 1 amide bonds. The summed E-state index contributed by atoms with van der Waals surface area (Å²) in [6.45, 7) is 1.95. The van der Waals surface area contributed by atoms with Crippen LogP contribution in [0.25, 0.3) is 0 Å². The molecule has 2 rings (SSSR count). The number of nitrogens with one attached hydrogen (secondary N) is 1. The molecule has 0 fully saturated rings. The first-order valence-corrected chi connectivity index (χ1v) is 6.77. The predicted molar refractivity (Wildman–Crippen MR) is 77.6 cm³/mol. The average Bonchev–Trinajstić information content (AvgIpc) is 2.92. The molecule has 0 aliphatic rings. The van der Waals surface area contributed by atoms with Gasteiger partial charge in [0.05, 0.1) is 18.7 Å². The fourth-order valence-electron chi connectivity index (χ4n) is 1.76. The summed E-state index contributed by atoms with van der Waals surface area (Å²) >= 11 is 1.61. The van der Waals surface area contributed by atoms with Crippen LogP contribution in [0.2, 0.25) is 0 Å². The number of ether oxygens (including phenoxy) is 1. The van der Waals surface area contributed by atoms with E-state index in [0.29, 0.717) is 17.0 Å². The molecule has 2 aromatic rings. The fraction of sp³-hybridized carbons (Fsp3) is 0.214. The van der Waals surface area contributed by atoms with Crippen LogP contribution in [-0.2, 0) is 0 Å². The third-order valence-electron chi connectivity index (χ3n) is 2.82. The number of amides is 1. The molecule has 0 unspecified atom stereocenters. The van der Waals surface area contributed by atoms with E-state index in [-0.39, 0.29) is 11.9 Å². The normalized spacial score (nSPS) is 11.9. The molecular formula is C14H16N2O2S. The molecule has 1 aromatic carbocycles. The molecule has 1 atom stereocenters. The highest BCUT2D eigenvalue weighted by atomic mass is 32.1. The number of rotatable bonds is 4. The molecule has 100 valence electrons. The van der Waals surface area contributed by atoms with Crippen LogP contribution in [0.15, 0.2) is 35.7 Å². The van der Waals surface area contributed by atoms with Crippen molar-refractivity contribution in [3.63, 3.8) is 0 Å². The Balaban J connectivity index is 2.12. The number of hydrogen-bond donors (Lipinski definition) is 2. The van der Waals surface area contributed by atoms with Gasteiger partial charge in [-0.1, -0.05) is 6.07 Å². The maximum absolute atomic E-state index is 12.1. The molecule has 0 saturated carbocycles. The lowest BCUT2D eigenvalue weighted by molar-refractivity contribution is 0.0941. The molecule has 19 heavy (non-hydrogen) atoms. The third kappa shape index (κ3) is 3.06. The van der Waals surface area contributed by atoms with Crippen molar-refractivity contribution in [1.82, 2.24) is 5.32 Å². The van der Waals surface area contributed by atoms with Crippen molar-refractivity contribution in [1.29, 1.82) is 0 Å². The molecule has 4 nitrogen and oxygen atoms in total. The van der Waals surface area contributed by atoms with Gasteiger partial charge in [0.1, 0.15) is 5.75 Å². The maximum Gasteiger partial charge on any atom is 0.253 e. The number of thiophene rings is 1. The Hall–Kier alpha value is -2.01. The van der Waals surface area contributed by atoms with E-state index < -0.39 is 0 Å². The van der Waals surface area contributed by atoms with E-state index in [0.717, 1.165) is 4.88 Å². The van der Waals surface area contributed by atoms with E-state index in [1.165, 1.54) is 0 Å². The van der Waals surface area contributed by atoms with E-state index in [9.17, 15) is 4.79 Å². The number of benzene rings is 1. The van der Waals surface area contributed by atoms with Gasteiger partial charge in [-0.2, -0.15) is 0 Å². The molecule has 0 spiro atoms. The number of anilines is 1. The van der Waals surface area contributed by atoms with Gasteiger partial charge in [-0.05, 0) is 30.5 Å². The molecule has 0 aliphatic carbocycles. The number of nitrogen functional groups attached to an aromatic ring is 1. The van der Waals surface area contributed by atoms with Crippen molar-refractivity contribution < 1.29 is 9.53 Å². The second kappa shape index (κ2) is 5.75. The van der Waals surface area contributed by atoms with Crippen molar-refractivity contribution in [2.45, 2.75) is 13.0 Å². The molecule has 0 aliphatic heterocycles. The lowest BCUT2D eigenvalue weighted by atomic mass is 10.1. The zero-order valence-electron chi connectivity index (χ0n) is 10.8. The number of carbonyl (C=O) groups excluding carboxylic acids is 1. The summed E-state index contributed by atoms with van der Waals surface area (Å²) in [6.07, 6.45) is 0. The Morgan fingerprint density at radius 2 is 2.21 bits per heavy atom. The van der Waals surface area contributed by atoms with Crippen molar-refractivity contribution in [3.05, 3.63) is 46.2 Å². The molecule has 0 radical (unpaired) electrons. The molecule has 3 N–H and O–H groups in total. The van der Waals surface area contributed by atoms with Crippen molar-refractivity contribution in [2.75, 3.05) is 12.8 Å². The lowest BCUT2D eigenvalue weighted by Gasteiger charge is -2.13. The minimum absolute atomic E-state index is 0.0333. The first kappa shape index (κ1) is 13.4. The monoisotopic (exact) mass is 276 g/mol. The Bertz CT molecular complexity index is 567. The lowest BCUT2D eigenvalue weighted by Crippen LogP contribution is -2.26. The van der Waals surface area contributed by atoms with Gasteiger partial charge in [0.2, 0.25) is 0 Å². The molecule has 1 aromatic heterocycles. The third-order valence-corrected chi connectivity index (χ3v) is 3.88. The average molecular weight is 276 g/mol. The zero-order chi connectivity index (χ0) is 13.8. The summed E-state index contributed by atoms with van der Waals surface area (Å²) in [6, 6.07) is 8.96. The van der Waals surface area contributed by atoms with Gasteiger partial charge >= 0.3 is 0 Å². The highest BCUT2D eigenvalue weighted by Gasteiger charge is 2.14. The Morgan fingerprint density at radius 3 is 2.79 bits per heavy atom. The van der Waals surface area contributed by atoms with Crippen molar-refractivity contribution in [2.24, 2.45) is 0 Å². The number of methoxy groups -OCH3 is 1. The molecule has 0 bridgehead atoms. The van der Waals surface area contributed by atoms with E-state index in [1.807, 2.05) is 24.4 Å². The predicted octanol–water partition coefficient (Wildman–Crippen LogP) is 2.83. The largest absolute Gasteiger partial charge is 0.497 e. The van der Waals surface area contributed by atoms with Gasteiger partial charge in [0.25, 0.3) is 5.91 Å². The van der Waals surface area contributed by atoms with Gasteiger partial charge in [-0.25, -0.2) is 0 Å². The minimum atomic E-state index is -0.180. The summed E-state index contributed by atoms with van der Waals surface area (Å²) in [5.41, 5.74) is 6.73. The van der Waals surface area contributed by atoms with Crippen molar-refractivity contribution in [3.8, 4) is 5.75 Å². The Morgan fingerprint density at radius 1 is 1.42 bits per heavy atom. The standard InChI is InChI=1S/C14H16N2O2S/c1-9(13-4-3-7-19-13)16-14(17)11-6-5-10(18-2)8-12(11)15/h3-9H,15H2,1-2H3,(H,16,17)/t9-/m0/s1. The van der Waals surface area contributed by atoms with Gasteiger partial charge in [-0.3, -0.25) is 4.79 Å². The highest BCUT2D eigenvalue weighted by Crippen LogP contribution is 2.22. The van der Waals surface area contributed by atoms with Crippen LogP contribution in [-0.4, -0.2) is 13.0 Å². The van der Waals surface area contributed by atoms with E-state index in [4.69, 9.17) is 10.5 Å². The first-order valence-electron chi connectivity index (χ1n) is 5.89. The number of hydrogen-bond acceptors (Lipinski definition) is 4. The fourth-order valence-corrected chi connectivity index (χ4v) is 2.49. The molecule has 0 saturated heterocycles. The summed E-state index contributed by atoms with van der Waals surface area (Å²) in [7, 11) is 1.56. The van der Waals surface area contributed by atoms with Crippen LogP contribution in [0, 0.1) is 0 Å². The Labute approximate surface area is 116 Å². The minimum Gasteiger partial charge on any atom is -0.497 e. The van der Waals surface area contributed by atoms with Crippen molar-refractivity contribution >= 4 is 22.9 Å². The van der Waals surface area contributed by atoms with E-state index >= 15 is 0 Å². The van der Waals surface area contributed by atoms with Crippen LogP contribution in [0.3, 0.4) is 0 Å². The maximum atomic E-state index is 12.1. The smallest absolute Gasteiger partial charge is 0.253 e. The number of carbonyl (C=O) groups is 1. The van der Waals surface area contributed by atoms with Gasteiger partial charge in [0.15, 0.2) is 0 Å². The second-order valence-corrected chi connectivity index (χ2v) is 5.14. The summed E-state index contributed by atoms with van der Waals surface area (Å²) in [5.74, 6) is 0.460. The summed E-state index contributed by atoms with van der Waals surface area (Å²) < 4.78 is 5.06. The Kier molecular flexibility index (Phi) is 4.06. The molecule has 1 heterocycles. The first-order chi connectivity index (χ1) is 9.11. The number of nitrogens with two attached hydrogens (primary N) is 1. The zero-order valence-corrected chi connectivity index (χ0v) is 11.7. The molecule has 5 heteroatoms. The van der Waals surface area contributed by atoms with Gasteiger partial charge < -0.3 is 15.8 Å². The highest BCUT2D eigenvalue weighted by molar-refractivity contribution is 7.10. The van der Waals surface area contributed by atoms with E-state index in [1.54, 1.807) is 36.6 Å². The summed E-state index contributed by atoms with van der Waals surface area (Å²) in [4.78, 5) is 13.3. The van der Waals surface area contributed by atoms with Crippen LogP contribution < -0.4 is 15.8 Å². The van der Waals surface area contributed by atoms with Crippen LogP contribution >= 0.6 is 11.3 Å². The molecular weight excluding hydrogens is 260 g/mol. The van der Waals surface area contributed by atoms with Crippen LogP contribution in [0.4, 0.5) is 5.69 Å². The van der Waals surface area contributed by atoms with Gasteiger partial charge in [0, 0.05) is 16.6 Å². The summed E-state index contributed by atoms with van der Waals surface area (Å²) in [5, 5.41) is 4.91. The SMILES string of the molecule is COc1ccc(C(=O)N[C@@H](C)c2cccs2)c(N)c1. The van der Waals surface area contributed by atoms with E-state index in [2.05, 4.69) is 5.32 Å². The van der Waals surface area contributed by atoms with Crippen LogP contribution in [0.1, 0.15) is 28.2 Å². The quantitative estimate of drug-likeness (QED) is 0.844. The topological polar surface area (TPSA) is 64.3 Å². The van der Waals surface area contributed by atoms with Crippen LogP contribution in [0.5, 0.6) is 5.75 Å².